The van der Waals surface area contributed by atoms with E-state index in [1.807, 2.05) is 0 Å². The molecule has 0 saturated carbocycles. The van der Waals surface area contributed by atoms with Crippen LogP contribution >= 0.6 is 0 Å². The number of rotatable bonds is 7. The average Bonchev–Trinajstić information content (AvgIpc) is 3.29. The van der Waals surface area contributed by atoms with Crippen LogP contribution < -0.4 is 4.74 Å². The first-order chi connectivity index (χ1) is 15.1. The van der Waals surface area contributed by atoms with Gasteiger partial charge >= 0.3 is 12.2 Å². The predicted octanol–water partition coefficient (Wildman–Crippen LogP) is 3.45. The Hall–Kier alpha value is -3.57. The summed E-state index contributed by atoms with van der Waals surface area (Å²) in [4.78, 5) is 22.9. The number of aryl methyl sites for hydroxylation is 1. The summed E-state index contributed by atoms with van der Waals surface area (Å²) in [7, 11) is 0. The first kappa shape index (κ1) is 23.1. The molecule has 32 heavy (non-hydrogen) atoms. The smallest absolute Gasteiger partial charge is 0.419 e. The van der Waals surface area contributed by atoms with E-state index in [2.05, 4.69) is 20.2 Å². The van der Waals surface area contributed by atoms with Crippen LogP contribution in [0.2, 0.25) is 0 Å². The van der Waals surface area contributed by atoms with Crippen LogP contribution in [0.3, 0.4) is 0 Å². The van der Waals surface area contributed by atoms with E-state index in [1.54, 1.807) is 19.9 Å². The van der Waals surface area contributed by atoms with Crippen LogP contribution in [0.4, 0.5) is 17.6 Å². The molecule has 3 aromatic rings. The van der Waals surface area contributed by atoms with Gasteiger partial charge in [0.05, 0.1) is 24.0 Å². The fourth-order valence-electron chi connectivity index (χ4n) is 3.00. The van der Waals surface area contributed by atoms with Gasteiger partial charge in [-0.3, -0.25) is 4.79 Å². The number of carbonyl (C=O) groups is 1. The number of alkyl halides is 3. The predicted molar refractivity (Wildman–Crippen MR) is 105 cm³/mol. The molecule has 2 aromatic heterocycles. The highest BCUT2D eigenvalue weighted by molar-refractivity contribution is 5.98. The Labute approximate surface area is 180 Å². The Bertz CT molecular complexity index is 1070. The second-order valence-corrected chi connectivity index (χ2v) is 6.91. The van der Waals surface area contributed by atoms with Gasteiger partial charge in [-0.25, -0.2) is 14.4 Å². The minimum Gasteiger partial charge on any atom is -0.461 e. The molecule has 0 bridgehead atoms. The fraction of sp³-hybridized carbons (Fsp3) is 0.350. The van der Waals surface area contributed by atoms with E-state index >= 15 is 0 Å². The summed E-state index contributed by atoms with van der Waals surface area (Å²) in [5.41, 5.74) is -0.735. The van der Waals surface area contributed by atoms with Gasteiger partial charge in [0.1, 0.15) is 23.7 Å². The molecule has 0 fully saturated rings. The summed E-state index contributed by atoms with van der Waals surface area (Å²) in [6, 6.07) is 2.24. The molecule has 3 rings (SSSR count). The van der Waals surface area contributed by atoms with Crippen LogP contribution in [0.25, 0.3) is 5.69 Å². The van der Waals surface area contributed by atoms with Gasteiger partial charge in [-0.05, 0) is 32.4 Å². The highest BCUT2D eigenvalue weighted by Crippen LogP contribution is 2.28. The van der Waals surface area contributed by atoms with Crippen LogP contribution in [-0.2, 0) is 6.18 Å². The average molecular weight is 452 g/mol. The summed E-state index contributed by atoms with van der Waals surface area (Å²) in [5, 5.41) is 7.95. The number of amides is 1. The molecule has 2 heterocycles. The maximum absolute atomic E-state index is 15.0. The summed E-state index contributed by atoms with van der Waals surface area (Å²) in [6.07, 6.45) is -0.521. The number of ether oxygens (including phenoxy) is 1. The van der Waals surface area contributed by atoms with Crippen molar-refractivity contribution in [3.8, 4) is 11.7 Å². The van der Waals surface area contributed by atoms with Gasteiger partial charge in [-0.2, -0.15) is 28.2 Å². The van der Waals surface area contributed by atoms with Crippen LogP contribution in [0.15, 0.2) is 36.9 Å². The Morgan fingerprint density at radius 1 is 1.19 bits per heavy atom. The number of benzene rings is 1. The van der Waals surface area contributed by atoms with Gasteiger partial charge in [-0.1, -0.05) is 6.07 Å². The zero-order chi connectivity index (χ0) is 23.5. The molecule has 1 aromatic carbocycles. The maximum Gasteiger partial charge on any atom is 0.419 e. The first-order valence-corrected chi connectivity index (χ1v) is 9.62. The molecule has 8 nitrogen and oxygen atoms in total. The van der Waals surface area contributed by atoms with Gasteiger partial charge in [0.25, 0.3) is 5.91 Å². The molecule has 1 amide bonds. The molecule has 0 radical (unpaired) electrons. The van der Waals surface area contributed by atoms with E-state index in [0.717, 1.165) is 4.80 Å². The molecule has 0 saturated heterocycles. The maximum atomic E-state index is 15.0. The molecule has 1 atom stereocenters. The first-order valence-electron chi connectivity index (χ1n) is 9.62. The van der Waals surface area contributed by atoms with E-state index < -0.39 is 29.5 Å². The number of hydrogen-bond acceptors (Lipinski definition) is 6. The second kappa shape index (κ2) is 9.28. The summed E-state index contributed by atoms with van der Waals surface area (Å²) < 4.78 is 58.2. The van der Waals surface area contributed by atoms with Crippen LogP contribution in [0, 0.1) is 12.7 Å². The van der Waals surface area contributed by atoms with Gasteiger partial charge in [-0.15, -0.1) is 0 Å². The van der Waals surface area contributed by atoms with E-state index in [-0.39, 0.29) is 36.0 Å². The third-order valence-electron chi connectivity index (χ3n) is 4.70. The standard InChI is InChI=1S/C20H20F4N6O2/c1-4-29(13(3)11-32-19-25-9-14(10-26-19)20(22,23)24)18(31)16-15(30-27-7-8-28-30)6-5-12(2)17(16)21/h5-10,13H,4,11H2,1-3H3/t13-/m0/s1. The highest BCUT2D eigenvalue weighted by atomic mass is 19.4. The zero-order valence-electron chi connectivity index (χ0n) is 17.5. The van der Waals surface area contributed by atoms with Crippen molar-refractivity contribution >= 4 is 5.91 Å². The van der Waals surface area contributed by atoms with Gasteiger partial charge in [0.15, 0.2) is 0 Å². The molecular weight excluding hydrogens is 432 g/mol. The lowest BCUT2D eigenvalue weighted by atomic mass is 10.1. The lowest BCUT2D eigenvalue weighted by Gasteiger charge is -2.28. The Morgan fingerprint density at radius 2 is 1.81 bits per heavy atom. The van der Waals surface area contributed by atoms with E-state index in [9.17, 15) is 22.4 Å². The topological polar surface area (TPSA) is 86.0 Å². The number of carbonyl (C=O) groups excluding carboxylic acids is 1. The van der Waals surface area contributed by atoms with Crippen molar-refractivity contribution in [3.63, 3.8) is 0 Å². The molecule has 12 heteroatoms. The van der Waals surface area contributed by atoms with Crippen molar-refractivity contribution in [2.45, 2.75) is 33.0 Å². The summed E-state index contributed by atoms with van der Waals surface area (Å²) in [5.74, 6) is -1.30. The molecule has 0 N–H and O–H groups in total. The number of nitrogens with zero attached hydrogens (tertiary/aromatic N) is 6. The lowest BCUT2D eigenvalue weighted by Crippen LogP contribution is -2.42. The van der Waals surface area contributed by atoms with Gasteiger partial charge < -0.3 is 9.64 Å². The minimum absolute atomic E-state index is 0.117. The van der Waals surface area contributed by atoms with Crippen LogP contribution in [0.5, 0.6) is 6.01 Å². The minimum atomic E-state index is -4.56. The molecule has 0 aliphatic heterocycles. The fourth-order valence-corrected chi connectivity index (χ4v) is 3.00. The Kier molecular flexibility index (Phi) is 6.70. The third kappa shape index (κ3) is 4.84. The largest absolute Gasteiger partial charge is 0.461 e. The van der Waals surface area contributed by atoms with Crippen molar-refractivity contribution in [3.05, 3.63) is 59.4 Å². The number of halogens is 4. The SMILES string of the molecule is CCN(C(=O)c1c(-n2nccn2)ccc(C)c1F)[C@@H](C)COc1ncc(C(F)(F)F)cn1. The molecule has 0 aliphatic carbocycles. The van der Waals surface area contributed by atoms with Crippen molar-refractivity contribution in [2.75, 3.05) is 13.2 Å². The van der Waals surface area contributed by atoms with Crippen LogP contribution in [-0.4, -0.2) is 55.0 Å². The molecule has 0 unspecified atom stereocenters. The molecule has 170 valence electrons. The number of likely N-dealkylation sites (N-methyl/N-ethyl adjacent to an activating group) is 1. The Balaban J connectivity index is 1.80. The van der Waals surface area contributed by atoms with E-state index in [1.165, 1.54) is 30.3 Å². The second-order valence-electron chi connectivity index (χ2n) is 6.91. The van der Waals surface area contributed by atoms with E-state index in [4.69, 9.17) is 4.74 Å². The quantitative estimate of drug-likeness (QED) is 0.511. The van der Waals surface area contributed by atoms with Gasteiger partial charge in [0.2, 0.25) is 0 Å². The van der Waals surface area contributed by atoms with Crippen molar-refractivity contribution in [2.24, 2.45) is 0 Å². The monoisotopic (exact) mass is 452 g/mol. The molecular formula is C20H20F4N6O2. The number of hydrogen-bond donors (Lipinski definition) is 0. The van der Waals surface area contributed by atoms with E-state index in [0.29, 0.717) is 12.4 Å². The summed E-state index contributed by atoms with van der Waals surface area (Å²) in [6.45, 7) is 5.01. The zero-order valence-corrected chi connectivity index (χ0v) is 17.5. The molecule has 0 aliphatic rings. The normalized spacial score (nSPS) is 12.5. The van der Waals surface area contributed by atoms with Gasteiger partial charge in [0, 0.05) is 18.9 Å². The Morgan fingerprint density at radius 3 is 2.38 bits per heavy atom. The van der Waals surface area contributed by atoms with Crippen molar-refractivity contribution < 1.29 is 27.1 Å². The van der Waals surface area contributed by atoms with Crippen molar-refractivity contribution in [1.82, 2.24) is 29.9 Å². The lowest BCUT2D eigenvalue weighted by molar-refractivity contribution is -0.138. The third-order valence-corrected chi connectivity index (χ3v) is 4.70. The van der Waals surface area contributed by atoms with Crippen molar-refractivity contribution in [1.29, 1.82) is 0 Å². The molecule has 0 spiro atoms. The number of aromatic nitrogens is 5. The summed E-state index contributed by atoms with van der Waals surface area (Å²) >= 11 is 0. The van der Waals surface area contributed by atoms with Crippen LogP contribution in [0.1, 0.15) is 35.3 Å². The highest BCUT2D eigenvalue weighted by Gasteiger charge is 2.32.